The van der Waals surface area contributed by atoms with E-state index in [9.17, 15) is 18.0 Å². The van der Waals surface area contributed by atoms with Crippen LogP contribution in [0.5, 0.6) is 5.75 Å². The Balaban J connectivity index is 2.12. The van der Waals surface area contributed by atoms with E-state index in [-0.39, 0.29) is 5.69 Å². The van der Waals surface area contributed by atoms with Crippen molar-refractivity contribution in [2.45, 2.75) is 6.18 Å². The summed E-state index contributed by atoms with van der Waals surface area (Å²) < 4.78 is 41.9. The second kappa shape index (κ2) is 5.09. The first-order valence-electron chi connectivity index (χ1n) is 5.27. The van der Waals surface area contributed by atoms with Gasteiger partial charge in [-0.25, -0.2) is 9.78 Å². The van der Waals surface area contributed by atoms with Gasteiger partial charge in [-0.2, -0.15) is 13.2 Å². The van der Waals surface area contributed by atoms with Crippen LogP contribution in [0.15, 0.2) is 48.7 Å². The molecule has 0 amide bonds. The predicted octanol–water partition coefficient (Wildman–Crippen LogP) is 3.32. The van der Waals surface area contributed by atoms with Gasteiger partial charge in [0, 0.05) is 6.20 Å². The van der Waals surface area contributed by atoms with E-state index in [4.69, 9.17) is 4.74 Å². The second-order valence-corrected chi connectivity index (χ2v) is 3.63. The zero-order chi connectivity index (χ0) is 13.9. The molecule has 0 atom stereocenters. The predicted molar refractivity (Wildman–Crippen MR) is 60.6 cm³/mol. The Morgan fingerprint density at radius 1 is 1.05 bits per heavy atom. The van der Waals surface area contributed by atoms with E-state index in [2.05, 4.69) is 4.98 Å². The molecule has 19 heavy (non-hydrogen) atoms. The maximum absolute atomic E-state index is 12.3. The number of carbonyl (C=O) groups is 1. The molecule has 0 unspecified atom stereocenters. The first kappa shape index (κ1) is 13.1. The number of pyridine rings is 1. The Kier molecular flexibility index (Phi) is 3.50. The molecule has 0 bridgehead atoms. The largest absolute Gasteiger partial charge is 0.422 e. The molecule has 3 nitrogen and oxygen atoms in total. The summed E-state index contributed by atoms with van der Waals surface area (Å²) in [5.41, 5.74) is -1.10. The number of halogens is 3. The van der Waals surface area contributed by atoms with Crippen LogP contribution in [0.25, 0.3) is 0 Å². The highest BCUT2D eigenvalue weighted by Gasteiger charge is 2.31. The van der Waals surface area contributed by atoms with Crippen LogP contribution in [0.3, 0.4) is 0 Å². The van der Waals surface area contributed by atoms with Crippen LogP contribution in [0.2, 0.25) is 0 Å². The highest BCUT2D eigenvalue weighted by Crippen LogP contribution is 2.28. The van der Waals surface area contributed by atoms with Crippen molar-refractivity contribution in [1.29, 1.82) is 0 Å². The summed E-state index contributed by atoms with van der Waals surface area (Å²) in [5, 5.41) is 0. The van der Waals surface area contributed by atoms with Gasteiger partial charge >= 0.3 is 12.1 Å². The number of benzene rings is 1. The maximum atomic E-state index is 12.3. The van der Waals surface area contributed by atoms with E-state index in [1.54, 1.807) is 30.3 Å². The lowest BCUT2D eigenvalue weighted by Gasteiger charge is -2.07. The monoisotopic (exact) mass is 267 g/mol. The van der Waals surface area contributed by atoms with Crippen molar-refractivity contribution in [3.05, 3.63) is 59.9 Å². The summed E-state index contributed by atoms with van der Waals surface area (Å²) >= 11 is 0. The van der Waals surface area contributed by atoms with Gasteiger partial charge in [-0.05, 0) is 24.3 Å². The molecule has 1 aromatic heterocycles. The van der Waals surface area contributed by atoms with Gasteiger partial charge in [0.2, 0.25) is 0 Å². The quantitative estimate of drug-likeness (QED) is 0.619. The minimum atomic E-state index is -4.48. The summed E-state index contributed by atoms with van der Waals surface area (Å²) in [4.78, 5) is 15.1. The highest BCUT2D eigenvalue weighted by atomic mass is 19.4. The van der Waals surface area contributed by atoms with Crippen molar-refractivity contribution in [3.63, 3.8) is 0 Å². The van der Waals surface area contributed by atoms with Crippen LogP contribution in [-0.2, 0) is 6.18 Å². The number of hydrogen-bond donors (Lipinski definition) is 0. The zero-order valence-electron chi connectivity index (χ0n) is 9.52. The van der Waals surface area contributed by atoms with Crippen LogP contribution in [0.1, 0.15) is 16.1 Å². The Morgan fingerprint density at radius 3 is 2.26 bits per heavy atom. The van der Waals surface area contributed by atoms with Gasteiger partial charge in [0.1, 0.15) is 11.4 Å². The molecular formula is C13H8F3NO2. The van der Waals surface area contributed by atoms with Crippen LogP contribution in [-0.4, -0.2) is 11.0 Å². The van der Waals surface area contributed by atoms with Crippen molar-refractivity contribution in [1.82, 2.24) is 4.98 Å². The number of nitrogens with zero attached hydrogens (tertiary/aromatic N) is 1. The molecule has 0 spiro atoms. The summed E-state index contributed by atoms with van der Waals surface area (Å²) in [6.45, 7) is 0. The molecule has 1 heterocycles. The third-order valence-corrected chi connectivity index (χ3v) is 2.25. The summed E-state index contributed by atoms with van der Waals surface area (Å²) in [6.07, 6.45) is -3.88. The first-order valence-corrected chi connectivity index (χ1v) is 5.27. The molecule has 0 radical (unpaired) electrons. The minimum Gasteiger partial charge on any atom is -0.422 e. The topological polar surface area (TPSA) is 39.2 Å². The molecule has 2 rings (SSSR count). The van der Waals surface area contributed by atoms with Crippen LogP contribution >= 0.6 is 0 Å². The summed E-state index contributed by atoms with van der Waals surface area (Å²) in [7, 11) is 0. The lowest BCUT2D eigenvalue weighted by atomic mass is 10.2. The fraction of sp³-hybridized carbons (Fsp3) is 0.0769. The molecule has 0 saturated heterocycles. The molecule has 2 aromatic rings. The van der Waals surface area contributed by atoms with E-state index in [1.165, 1.54) is 0 Å². The van der Waals surface area contributed by atoms with Gasteiger partial charge in [-0.1, -0.05) is 18.2 Å². The summed E-state index contributed by atoms with van der Waals surface area (Å²) in [6, 6.07) is 9.96. The smallest absolute Gasteiger partial charge is 0.417 e. The van der Waals surface area contributed by atoms with Crippen molar-refractivity contribution in [3.8, 4) is 5.75 Å². The number of alkyl halides is 3. The molecule has 0 aliphatic rings. The number of carbonyl (C=O) groups excluding carboxylic acids is 1. The number of aromatic nitrogens is 1. The van der Waals surface area contributed by atoms with Crippen LogP contribution < -0.4 is 4.74 Å². The Morgan fingerprint density at radius 2 is 1.74 bits per heavy atom. The Bertz CT molecular complexity index is 565. The number of hydrogen-bond acceptors (Lipinski definition) is 3. The number of rotatable bonds is 2. The zero-order valence-corrected chi connectivity index (χ0v) is 9.52. The van der Waals surface area contributed by atoms with Crippen molar-refractivity contribution in [2.24, 2.45) is 0 Å². The van der Waals surface area contributed by atoms with Crippen LogP contribution in [0.4, 0.5) is 13.2 Å². The number of para-hydroxylation sites is 1. The molecule has 0 N–H and O–H groups in total. The van der Waals surface area contributed by atoms with E-state index in [0.29, 0.717) is 11.9 Å². The Hall–Kier alpha value is -2.37. The molecule has 0 aliphatic carbocycles. The minimum absolute atomic E-state index is 0.183. The van der Waals surface area contributed by atoms with E-state index >= 15 is 0 Å². The average Bonchev–Trinajstić information content (AvgIpc) is 2.39. The first-order chi connectivity index (χ1) is 8.97. The molecule has 0 aliphatic heterocycles. The molecular weight excluding hydrogens is 259 g/mol. The van der Waals surface area contributed by atoms with Gasteiger partial charge < -0.3 is 4.74 Å². The third-order valence-electron chi connectivity index (χ3n) is 2.25. The van der Waals surface area contributed by atoms with E-state index < -0.39 is 17.7 Å². The normalized spacial score (nSPS) is 11.1. The van der Waals surface area contributed by atoms with Gasteiger partial charge in [0.05, 0.1) is 5.56 Å². The van der Waals surface area contributed by atoms with E-state index in [1.807, 2.05) is 0 Å². The van der Waals surface area contributed by atoms with Gasteiger partial charge in [0.15, 0.2) is 0 Å². The summed E-state index contributed by atoms with van der Waals surface area (Å²) in [5.74, 6) is -0.505. The van der Waals surface area contributed by atoms with Crippen molar-refractivity contribution in [2.75, 3.05) is 0 Å². The standard InChI is InChI=1S/C13H8F3NO2/c14-13(15,16)9-6-7-11(17-8-9)12(18)19-10-4-2-1-3-5-10/h1-8H. The SMILES string of the molecule is O=C(Oc1ccccc1)c1ccc(C(F)(F)F)cn1. The van der Waals surface area contributed by atoms with Gasteiger partial charge in [0.25, 0.3) is 0 Å². The highest BCUT2D eigenvalue weighted by molar-refractivity contribution is 5.88. The molecule has 98 valence electrons. The van der Waals surface area contributed by atoms with Gasteiger partial charge in [-0.15, -0.1) is 0 Å². The molecule has 6 heteroatoms. The second-order valence-electron chi connectivity index (χ2n) is 3.63. The third kappa shape index (κ3) is 3.31. The lowest BCUT2D eigenvalue weighted by molar-refractivity contribution is -0.137. The average molecular weight is 267 g/mol. The number of ether oxygens (including phenoxy) is 1. The Labute approximate surface area is 106 Å². The van der Waals surface area contributed by atoms with E-state index in [0.717, 1.165) is 12.1 Å². The van der Waals surface area contributed by atoms with Gasteiger partial charge in [-0.3, -0.25) is 0 Å². The number of esters is 1. The van der Waals surface area contributed by atoms with Crippen molar-refractivity contribution >= 4 is 5.97 Å². The molecule has 1 aromatic carbocycles. The fourth-order valence-corrected chi connectivity index (χ4v) is 1.33. The molecule has 0 saturated carbocycles. The van der Waals surface area contributed by atoms with Crippen LogP contribution in [0, 0.1) is 0 Å². The lowest BCUT2D eigenvalue weighted by Crippen LogP contribution is -2.12. The molecule has 0 fully saturated rings. The fourth-order valence-electron chi connectivity index (χ4n) is 1.33. The van der Waals surface area contributed by atoms with Crippen molar-refractivity contribution < 1.29 is 22.7 Å². The maximum Gasteiger partial charge on any atom is 0.417 e.